The van der Waals surface area contributed by atoms with Gasteiger partial charge in [0.25, 0.3) is 5.91 Å². The number of likely N-dealkylation sites (tertiary alicyclic amines) is 1. The molecule has 0 aliphatic carbocycles. The van der Waals surface area contributed by atoms with Crippen LogP contribution in [-0.4, -0.2) is 40.1 Å². The molecule has 2 atom stereocenters. The molecule has 1 saturated heterocycles. The fourth-order valence-corrected chi connectivity index (χ4v) is 2.92. The minimum Gasteiger partial charge on any atom is -0.391 e. The van der Waals surface area contributed by atoms with E-state index in [1.807, 2.05) is 31.2 Å². The van der Waals surface area contributed by atoms with Gasteiger partial charge in [0.05, 0.1) is 6.10 Å². The van der Waals surface area contributed by atoms with E-state index in [4.69, 9.17) is 11.6 Å². The van der Waals surface area contributed by atoms with Gasteiger partial charge in [0, 0.05) is 18.5 Å². The fourth-order valence-electron chi connectivity index (χ4n) is 2.66. The van der Waals surface area contributed by atoms with Crippen LogP contribution in [0, 0.1) is 5.92 Å². The lowest BCUT2D eigenvalue weighted by Crippen LogP contribution is -2.46. The van der Waals surface area contributed by atoms with E-state index in [1.165, 1.54) is 0 Å². The number of nitrogens with zero attached hydrogens (tertiary/aromatic N) is 2. The molecular weight excluding hydrogens is 288 g/mol. The third-order valence-electron chi connectivity index (χ3n) is 4.12. The van der Waals surface area contributed by atoms with Crippen LogP contribution in [-0.2, 0) is 0 Å². The highest BCUT2D eigenvalue weighted by Crippen LogP contribution is 2.24. The van der Waals surface area contributed by atoms with Gasteiger partial charge >= 0.3 is 0 Å². The summed E-state index contributed by atoms with van der Waals surface area (Å²) in [5.41, 5.74) is 0.334. The van der Waals surface area contributed by atoms with Crippen molar-refractivity contribution in [2.45, 2.75) is 19.4 Å². The summed E-state index contributed by atoms with van der Waals surface area (Å²) in [6.07, 6.45) is 0.326. The van der Waals surface area contributed by atoms with Gasteiger partial charge in [0.1, 0.15) is 10.8 Å². The monoisotopic (exact) mass is 304 g/mol. The Morgan fingerprint density at radius 2 is 2.19 bits per heavy atom. The zero-order chi connectivity index (χ0) is 15.0. The number of pyridine rings is 1. The SMILES string of the molecule is CC1CCN(C(=O)c2cc3ccccc3c(Cl)n2)CC1O. The Kier molecular flexibility index (Phi) is 3.83. The van der Waals surface area contributed by atoms with Crippen molar-refractivity contribution in [2.75, 3.05) is 13.1 Å². The van der Waals surface area contributed by atoms with Crippen molar-refractivity contribution in [3.63, 3.8) is 0 Å². The summed E-state index contributed by atoms with van der Waals surface area (Å²) in [6.45, 7) is 2.99. The van der Waals surface area contributed by atoms with Crippen LogP contribution in [0.3, 0.4) is 0 Å². The summed E-state index contributed by atoms with van der Waals surface area (Å²) >= 11 is 6.17. The molecule has 1 aliphatic rings. The van der Waals surface area contributed by atoms with Gasteiger partial charge in [0.2, 0.25) is 0 Å². The molecule has 0 spiro atoms. The maximum Gasteiger partial charge on any atom is 0.272 e. The van der Waals surface area contributed by atoms with Gasteiger partial charge < -0.3 is 10.0 Å². The number of carbonyl (C=O) groups is 1. The molecule has 4 nitrogen and oxygen atoms in total. The number of carbonyl (C=O) groups excluding carboxylic acids is 1. The lowest BCUT2D eigenvalue weighted by Gasteiger charge is -2.34. The number of amides is 1. The van der Waals surface area contributed by atoms with Crippen molar-refractivity contribution in [2.24, 2.45) is 5.92 Å². The second kappa shape index (κ2) is 5.62. The van der Waals surface area contributed by atoms with Crippen LogP contribution < -0.4 is 0 Å². The Hall–Kier alpha value is -1.65. The van der Waals surface area contributed by atoms with E-state index in [1.54, 1.807) is 11.0 Å². The van der Waals surface area contributed by atoms with Crippen molar-refractivity contribution < 1.29 is 9.90 Å². The van der Waals surface area contributed by atoms with Crippen LogP contribution in [0.5, 0.6) is 0 Å². The molecule has 1 aromatic carbocycles. The highest BCUT2D eigenvalue weighted by Gasteiger charge is 2.28. The molecule has 110 valence electrons. The first-order chi connectivity index (χ1) is 10.1. The van der Waals surface area contributed by atoms with E-state index < -0.39 is 6.10 Å². The molecule has 5 heteroatoms. The second-order valence-electron chi connectivity index (χ2n) is 5.60. The van der Waals surface area contributed by atoms with Crippen LogP contribution >= 0.6 is 11.6 Å². The molecule has 0 radical (unpaired) electrons. The first-order valence-electron chi connectivity index (χ1n) is 7.09. The number of rotatable bonds is 1. The molecule has 1 N–H and O–H groups in total. The van der Waals surface area contributed by atoms with E-state index in [9.17, 15) is 9.90 Å². The van der Waals surface area contributed by atoms with Gasteiger partial charge in [-0.25, -0.2) is 4.98 Å². The molecule has 0 bridgehead atoms. The lowest BCUT2D eigenvalue weighted by atomic mass is 9.96. The van der Waals surface area contributed by atoms with Gasteiger partial charge in [-0.05, 0) is 23.8 Å². The summed E-state index contributed by atoms with van der Waals surface area (Å²) in [5.74, 6) is 0.0517. The van der Waals surface area contributed by atoms with Crippen LogP contribution in [0.1, 0.15) is 23.8 Å². The third kappa shape index (κ3) is 2.74. The summed E-state index contributed by atoms with van der Waals surface area (Å²) in [7, 11) is 0. The average Bonchev–Trinajstić information content (AvgIpc) is 2.49. The quantitative estimate of drug-likeness (QED) is 0.824. The molecule has 1 amide bonds. The number of halogens is 1. The van der Waals surface area contributed by atoms with Crippen molar-refractivity contribution in [3.05, 3.63) is 41.2 Å². The molecular formula is C16H17ClN2O2. The maximum absolute atomic E-state index is 12.5. The number of hydrogen-bond donors (Lipinski definition) is 1. The summed E-state index contributed by atoms with van der Waals surface area (Å²) in [6, 6.07) is 9.34. The fraction of sp³-hybridized carbons (Fsp3) is 0.375. The number of fused-ring (bicyclic) bond motifs is 1. The Balaban J connectivity index is 1.91. The van der Waals surface area contributed by atoms with Crippen LogP contribution in [0.25, 0.3) is 10.8 Å². The van der Waals surface area contributed by atoms with E-state index >= 15 is 0 Å². The number of β-amino-alcohol motifs (C(OH)–C–C–N with tert-alkyl or cyclic N) is 1. The number of hydrogen-bond acceptors (Lipinski definition) is 3. The zero-order valence-corrected chi connectivity index (χ0v) is 12.5. The molecule has 1 aromatic heterocycles. The van der Waals surface area contributed by atoms with Gasteiger partial charge in [-0.2, -0.15) is 0 Å². The normalized spacial score (nSPS) is 22.5. The van der Waals surface area contributed by atoms with Crippen LogP contribution in [0.2, 0.25) is 5.15 Å². The van der Waals surface area contributed by atoms with Gasteiger partial charge in [-0.15, -0.1) is 0 Å². The molecule has 0 saturated carbocycles. The maximum atomic E-state index is 12.5. The minimum absolute atomic E-state index is 0.173. The Bertz CT molecular complexity index is 689. The predicted molar refractivity (Wildman–Crippen MR) is 82.4 cm³/mol. The van der Waals surface area contributed by atoms with Gasteiger partial charge in [-0.1, -0.05) is 42.8 Å². The Morgan fingerprint density at radius 3 is 2.95 bits per heavy atom. The van der Waals surface area contributed by atoms with E-state index in [0.717, 1.165) is 17.2 Å². The predicted octanol–water partition coefficient (Wildman–Crippen LogP) is 2.73. The van der Waals surface area contributed by atoms with Crippen LogP contribution in [0.4, 0.5) is 0 Å². The van der Waals surface area contributed by atoms with Crippen molar-refractivity contribution in [1.82, 2.24) is 9.88 Å². The minimum atomic E-state index is -0.473. The number of aliphatic hydroxyl groups excluding tert-OH is 1. The van der Waals surface area contributed by atoms with Gasteiger partial charge in [0.15, 0.2) is 0 Å². The molecule has 1 aliphatic heterocycles. The molecule has 2 aromatic rings. The van der Waals surface area contributed by atoms with Crippen molar-refractivity contribution in [1.29, 1.82) is 0 Å². The standard InChI is InChI=1S/C16H17ClN2O2/c1-10-6-7-19(9-14(10)20)16(21)13-8-11-4-2-3-5-12(11)15(17)18-13/h2-5,8,10,14,20H,6-7,9H2,1H3. The van der Waals surface area contributed by atoms with Crippen molar-refractivity contribution >= 4 is 28.3 Å². The third-order valence-corrected chi connectivity index (χ3v) is 4.41. The lowest BCUT2D eigenvalue weighted by molar-refractivity contribution is 0.0245. The van der Waals surface area contributed by atoms with Gasteiger partial charge in [-0.3, -0.25) is 4.79 Å². The smallest absolute Gasteiger partial charge is 0.272 e. The largest absolute Gasteiger partial charge is 0.391 e. The topological polar surface area (TPSA) is 53.4 Å². The molecule has 3 rings (SSSR count). The molecule has 2 heterocycles. The summed E-state index contributed by atoms with van der Waals surface area (Å²) < 4.78 is 0. The second-order valence-corrected chi connectivity index (χ2v) is 5.96. The molecule has 21 heavy (non-hydrogen) atoms. The summed E-state index contributed by atoms with van der Waals surface area (Å²) in [4.78, 5) is 18.4. The Labute approximate surface area is 128 Å². The average molecular weight is 305 g/mol. The molecule has 2 unspecified atom stereocenters. The highest BCUT2D eigenvalue weighted by molar-refractivity contribution is 6.34. The number of benzene rings is 1. The number of aromatic nitrogens is 1. The first-order valence-corrected chi connectivity index (χ1v) is 7.46. The van der Waals surface area contributed by atoms with E-state index in [2.05, 4.69) is 4.98 Å². The number of piperidine rings is 1. The Morgan fingerprint density at radius 1 is 1.43 bits per heavy atom. The number of aliphatic hydroxyl groups is 1. The van der Waals surface area contributed by atoms with Crippen LogP contribution in [0.15, 0.2) is 30.3 Å². The van der Waals surface area contributed by atoms with E-state index in [0.29, 0.717) is 23.9 Å². The van der Waals surface area contributed by atoms with Crippen molar-refractivity contribution in [3.8, 4) is 0 Å². The summed E-state index contributed by atoms with van der Waals surface area (Å²) in [5, 5.41) is 12.0. The first kappa shape index (κ1) is 14.3. The van der Waals surface area contributed by atoms with E-state index in [-0.39, 0.29) is 11.8 Å². The molecule has 1 fully saturated rings. The zero-order valence-electron chi connectivity index (χ0n) is 11.8. The highest BCUT2D eigenvalue weighted by atomic mass is 35.5.